The number of hydrogen-bond donors (Lipinski definition) is 2. The quantitative estimate of drug-likeness (QED) is 0.344. The lowest BCUT2D eigenvalue weighted by atomic mass is 10.1. The van der Waals surface area contributed by atoms with Crippen molar-refractivity contribution in [3.63, 3.8) is 0 Å². The first-order valence-electron chi connectivity index (χ1n) is 7.01. The number of unbranched alkanes of at least 4 members (excludes halogenated alkanes) is 5. The molecule has 0 aliphatic carbocycles. The highest BCUT2D eigenvalue weighted by Gasteiger charge is 1.99. The Hall–Kier alpha value is -1.52. The summed E-state index contributed by atoms with van der Waals surface area (Å²) in [5.74, 6) is -0.478. The van der Waals surface area contributed by atoms with Crippen molar-refractivity contribution in [2.45, 2.75) is 45.4 Å². The maximum atomic E-state index is 11.3. The van der Waals surface area contributed by atoms with Crippen LogP contribution in [0.1, 0.15) is 45.4 Å². The van der Waals surface area contributed by atoms with E-state index in [0.717, 1.165) is 18.9 Å². The van der Waals surface area contributed by atoms with Gasteiger partial charge in [0.25, 0.3) is 0 Å². The van der Waals surface area contributed by atoms with Crippen LogP contribution in [-0.4, -0.2) is 31.7 Å². The van der Waals surface area contributed by atoms with Crippen molar-refractivity contribution in [2.24, 2.45) is 0 Å². The van der Waals surface area contributed by atoms with E-state index in [-0.39, 0.29) is 12.6 Å². The Kier molecular flexibility index (Phi) is 11.9. The third kappa shape index (κ3) is 12.7. The number of urea groups is 1. The van der Waals surface area contributed by atoms with Crippen LogP contribution in [0.2, 0.25) is 0 Å². The Labute approximate surface area is 115 Å². The summed E-state index contributed by atoms with van der Waals surface area (Å²) in [4.78, 5) is 22.0. The molecular formula is C14H26N2O3. The van der Waals surface area contributed by atoms with Gasteiger partial charge in [-0.05, 0) is 6.42 Å². The molecule has 0 fully saturated rings. The second kappa shape index (κ2) is 12.9. The van der Waals surface area contributed by atoms with Crippen molar-refractivity contribution in [1.82, 2.24) is 10.6 Å². The Morgan fingerprint density at radius 3 is 2.37 bits per heavy atom. The van der Waals surface area contributed by atoms with Gasteiger partial charge < -0.3 is 15.4 Å². The first-order valence-corrected chi connectivity index (χ1v) is 7.01. The third-order valence-electron chi connectivity index (χ3n) is 2.61. The Balaban J connectivity index is 3.25. The van der Waals surface area contributed by atoms with Gasteiger partial charge >= 0.3 is 12.0 Å². The standard InChI is InChI=1S/C14H26N2O3/c1-3-5-6-7-8-9-10-15-14(18)16-11-12-19-13(17)4-2/h4H,2-3,5-12H2,1H3,(H2,15,16,18). The van der Waals surface area contributed by atoms with Gasteiger partial charge in [-0.3, -0.25) is 0 Å². The molecule has 2 N–H and O–H groups in total. The first kappa shape index (κ1) is 17.5. The summed E-state index contributed by atoms with van der Waals surface area (Å²) in [7, 11) is 0. The summed E-state index contributed by atoms with van der Waals surface area (Å²) in [6.45, 7) is 6.62. The number of carbonyl (C=O) groups is 2. The Bertz CT molecular complexity index is 267. The predicted octanol–water partition coefficient (Wildman–Crippen LogP) is 2.38. The zero-order chi connectivity index (χ0) is 14.3. The molecule has 0 heterocycles. The fraction of sp³-hybridized carbons (Fsp3) is 0.714. The van der Waals surface area contributed by atoms with Crippen LogP contribution in [0.5, 0.6) is 0 Å². The van der Waals surface area contributed by atoms with Crippen LogP contribution in [0.15, 0.2) is 12.7 Å². The molecule has 110 valence electrons. The minimum Gasteiger partial charge on any atom is -0.461 e. The number of hydrogen-bond acceptors (Lipinski definition) is 3. The van der Waals surface area contributed by atoms with Crippen LogP contribution in [-0.2, 0) is 9.53 Å². The summed E-state index contributed by atoms with van der Waals surface area (Å²) >= 11 is 0. The van der Waals surface area contributed by atoms with Gasteiger partial charge in [0.05, 0.1) is 6.54 Å². The molecule has 0 aliphatic heterocycles. The van der Waals surface area contributed by atoms with Crippen molar-refractivity contribution in [1.29, 1.82) is 0 Å². The van der Waals surface area contributed by atoms with Gasteiger partial charge in [0.15, 0.2) is 0 Å². The average Bonchev–Trinajstić information content (AvgIpc) is 2.42. The van der Waals surface area contributed by atoms with E-state index in [2.05, 4.69) is 24.1 Å². The van der Waals surface area contributed by atoms with E-state index in [9.17, 15) is 9.59 Å². The minimum absolute atomic E-state index is 0.162. The lowest BCUT2D eigenvalue weighted by Gasteiger charge is -2.07. The second-order valence-corrected chi connectivity index (χ2v) is 4.32. The summed E-state index contributed by atoms with van der Waals surface area (Å²) < 4.78 is 4.72. The predicted molar refractivity (Wildman–Crippen MR) is 75.9 cm³/mol. The van der Waals surface area contributed by atoms with E-state index in [1.165, 1.54) is 25.7 Å². The molecule has 0 aliphatic rings. The van der Waals surface area contributed by atoms with Crippen molar-refractivity contribution < 1.29 is 14.3 Å². The van der Waals surface area contributed by atoms with Crippen LogP contribution in [0.4, 0.5) is 4.79 Å². The molecule has 5 nitrogen and oxygen atoms in total. The number of amides is 2. The van der Waals surface area contributed by atoms with Gasteiger partial charge in [-0.1, -0.05) is 45.6 Å². The SMILES string of the molecule is C=CC(=O)OCCNC(=O)NCCCCCCCC. The molecule has 0 bridgehead atoms. The number of nitrogens with one attached hydrogen (secondary N) is 2. The van der Waals surface area contributed by atoms with Gasteiger partial charge in [-0.25, -0.2) is 9.59 Å². The molecule has 5 heteroatoms. The largest absolute Gasteiger partial charge is 0.461 e. The molecule has 0 unspecified atom stereocenters. The topological polar surface area (TPSA) is 67.4 Å². The molecule has 0 radical (unpaired) electrons. The highest BCUT2D eigenvalue weighted by molar-refractivity contribution is 5.81. The Morgan fingerprint density at radius 1 is 1.05 bits per heavy atom. The Morgan fingerprint density at radius 2 is 1.68 bits per heavy atom. The molecule has 0 spiro atoms. The smallest absolute Gasteiger partial charge is 0.330 e. The third-order valence-corrected chi connectivity index (χ3v) is 2.61. The molecule has 0 saturated carbocycles. The van der Waals surface area contributed by atoms with Crippen molar-refractivity contribution in [3.8, 4) is 0 Å². The monoisotopic (exact) mass is 270 g/mol. The van der Waals surface area contributed by atoms with Gasteiger partial charge in [0.2, 0.25) is 0 Å². The number of ether oxygens (including phenoxy) is 1. The first-order chi connectivity index (χ1) is 9.20. The van der Waals surface area contributed by atoms with Crippen LogP contribution in [0.25, 0.3) is 0 Å². The van der Waals surface area contributed by atoms with E-state index >= 15 is 0 Å². The van der Waals surface area contributed by atoms with E-state index in [1.807, 2.05) is 0 Å². The lowest BCUT2D eigenvalue weighted by Crippen LogP contribution is -2.37. The normalized spacial score (nSPS) is 9.74. The fourth-order valence-corrected chi connectivity index (χ4v) is 1.54. The van der Waals surface area contributed by atoms with E-state index in [4.69, 9.17) is 4.74 Å². The molecule has 2 amide bonds. The molecule has 19 heavy (non-hydrogen) atoms. The number of esters is 1. The van der Waals surface area contributed by atoms with E-state index in [0.29, 0.717) is 13.1 Å². The number of carbonyl (C=O) groups excluding carboxylic acids is 2. The highest BCUT2D eigenvalue weighted by Crippen LogP contribution is 2.03. The molecule has 0 aromatic carbocycles. The summed E-state index contributed by atoms with van der Waals surface area (Å²) in [6, 6.07) is -0.219. The molecule has 0 atom stereocenters. The number of rotatable bonds is 11. The lowest BCUT2D eigenvalue weighted by molar-refractivity contribution is -0.137. The van der Waals surface area contributed by atoms with Crippen LogP contribution < -0.4 is 10.6 Å². The van der Waals surface area contributed by atoms with Crippen LogP contribution in [0, 0.1) is 0 Å². The van der Waals surface area contributed by atoms with Crippen molar-refractivity contribution >= 4 is 12.0 Å². The molecular weight excluding hydrogens is 244 g/mol. The van der Waals surface area contributed by atoms with Crippen LogP contribution in [0.3, 0.4) is 0 Å². The van der Waals surface area contributed by atoms with Crippen LogP contribution >= 0.6 is 0 Å². The maximum absolute atomic E-state index is 11.3. The summed E-state index contributed by atoms with van der Waals surface area (Å²) in [5.41, 5.74) is 0. The fourth-order valence-electron chi connectivity index (χ4n) is 1.54. The van der Waals surface area contributed by atoms with Crippen molar-refractivity contribution in [2.75, 3.05) is 19.7 Å². The molecule has 0 saturated heterocycles. The highest BCUT2D eigenvalue weighted by atomic mass is 16.5. The van der Waals surface area contributed by atoms with E-state index in [1.54, 1.807) is 0 Å². The van der Waals surface area contributed by atoms with E-state index < -0.39 is 5.97 Å². The summed E-state index contributed by atoms with van der Waals surface area (Å²) in [6.07, 6.45) is 8.29. The summed E-state index contributed by atoms with van der Waals surface area (Å²) in [5, 5.41) is 5.38. The minimum atomic E-state index is -0.478. The maximum Gasteiger partial charge on any atom is 0.330 e. The van der Waals surface area contributed by atoms with Gasteiger partial charge in [-0.15, -0.1) is 0 Å². The molecule has 0 rings (SSSR count). The van der Waals surface area contributed by atoms with Gasteiger partial charge in [0.1, 0.15) is 6.61 Å². The molecule has 0 aromatic rings. The van der Waals surface area contributed by atoms with Gasteiger partial charge in [-0.2, -0.15) is 0 Å². The van der Waals surface area contributed by atoms with Crippen molar-refractivity contribution in [3.05, 3.63) is 12.7 Å². The molecule has 0 aromatic heterocycles. The second-order valence-electron chi connectivity index (χ2n) is 4.32. The zero-order valence-corrected chi connectivity index (χ0v) is 11.9. The van der Waals surface area contributed by atoms with Gasteiger partial charge in [0, 0.05) is 12.6 Å². The zero-order valence-electron chi connectivity index (χ0n) is 11.9. The average molecular weight is 270 g/mol.